The topological polar surface area (TPSA) is 179 Å². The minimum atomic E-state index is -2.19. The maximum atomic E-state index is 10.3. The molecule has 0 unspecified atom stereocenters. The van der Waals surface area contributed by atoms with Crippen molar-refractivity contribution in [2.75, 3.05) is 26.4 Å². The van der Waals surface area contributed by atoms with Gasteiger partial charge in [-0.05, 0) is 6.42 Å². The largest absolute Gasteiger partial charge is 0.394 e. The highest BCUT2D eigenvalue weighted by Gasteiger charge is 2.58. The minimum absolute atomic E-state index is 0.0722. The Bertz CT molecular complexity index is 510. The van der Waals surface area contributed by atoms with Crippen molar-refractivity contribution >= 4 is 0 Å². The lowest BCUT2D eigenvalue weighted by atomic mass is 9.99. The molecule has 184 valence electrons. The second-order valence-electron chi connectivity index (χ2n) is 8.22. The summed E-state index contributed by atoms with van der Waals surface area (Å²) >= 11 is 0. The van der Waals surface area contributed by atoms with Crippen molar-refractivity contribution in [3.63, 3.8) is 0 Å². The number of ether oxygens (including phenoxy) is 4. The van der Waals surface area contributed by atoms with Gasteiger partial charge in [0, 0.05) is 6.61 Å². The van der Waals surface area contributed by atoms with Crippen molar-refractivity contribution in [1.29, 1.82) is 0 Å². The van der Waals surface area contributed by atoms with Crippen LogP contribution in [0.1, 0.15) is 45.4 Å². The third kappa shape index (κ3) is 6.55. The first kappa shape index (κ1) is 26.8. The van der Waals surface area contributed by atoms with Gasteiger partial charge in [-0.3, -0.25) is 0 Å². The highest BCUT2D eigenvalue weighted by molar-refractivity contribution is 4.98. The van der Waals surface area contributed by atoms with E-state index in [1.54, 1.807) is 0 Å². The molecule has 0 bridgehead atoms. The highest BCUT2D eigenvalue weighted by Crippen LogP contribution is 2.36. The normalized spacial score (nSPS) is 41.0. The van der Waals surface area contributed by atoms with Crippen molar-refractivity contribution in [2.45, 2.75) is 100 Å². The standard InChI is InChI=1S/C20H38O11/c1-2-3-4-5-6-7-8-28-10-13-14(23)16(25)17(26)19(29-13)31-20(11-22)18(27)15(24)12(9-21)30-20/h12-19,21-27H,2-11H2,1H3/t12-,13-,14-,15-,16+,17-,18+,19-,20+/m1/s1. The van der Waals surface area contributed by atoms with Crippen LogP contribution in [-0.2, 0) is 18.9 Å². The molecule has 0 aliphatic carbocycles. The Labute approximate surface area is 182 Å². The maximum Gasteiger partial charge on any atom is 0.224 e. The zero-order valence-electron chi connectivity index (χ0n) is 18.0. The first-order chi connectivity index (χ1) is 14.8. The molecule has 7 N–H and O–H groups in total. The molecule has 11 nitrogen and oxygen atoms in total. The number of hydrogen-bond donors (Lipinski definition) is 7. The summed E-state index contributed by atoms with van der Waals surface area (Å²) in [5.74, 6) is -2.19. The molecule has 31 heavy (non-hydrogen) atoms. The Balaban J connectivity index is 1.90. The lowest BCUT2D eigenvalue weighted by Gasteiger charge is -2.43. The molecule has 0 radical (unpaired) electrons. The number of hydrogen-bond acceptors (Lipinski definition) is 11. The molecule has 2 aliphatic heterocycles. The molecule has 0 aromatic rings. The molecule has 0 saturated carbocycles. The smallest absolute Gasteiger partial charge is 0.224 e. The Hall–Kier alpha value is -0.440. The van der Waals surface area contributed by atoms with Gasteiger partial charge in [0.2, 0.25) is 5.79 Å². The SMILES string of the molecule is CCCCCCCCOC[C@H]1O[C@H](O[C@]2(CO)O[C@H](CO)[C@@H](O)[C@@H]2O)[C@H](O)[C@@H](O)[C@@H]1O. The minimum Gasteiger partial charge on any atom is -0.394 e. The zero-order chi connectivity index (χ0) is 23.0. The molecule has 0 amide bonds. The van der Waals surface area contributed by atoms with E-state index in [9.17, 15) is 35.7 Å². The van der Waals surface area contributed by atoms with Crippen LogP contribution in [0.15, 0.2) is 0 Å². The van der Waals surface area contributed by atoms with Crippen molar-refractivity contribution in [2.24, 2.45) is 0 Å². The highest BCUT2D eigenvalue weighted by atomic mass is 16.8. The van der Waals surface area contributed by atoms with E-state index in [2.05, 4.69) is 6.92 Å². The Morgan fingerprint density at radius 3 is 2.10 bits per heavy atom. The molecular formula is C20H38O11. The van der Waals surface area contributed by atoms with Gasteiger partial charge in [-0.15, -0.1) is 0 Å². The van der Waals surface area contributed by atoms with Crippen LogP contribution in [0.2, 0.25) is 0 Å². The van der Waals surface area contributed by atoms with E-state index in [0.717, 1.165) is 19.3 Å². The van der Waals surface area contributed by atoms with E-state index < -0.39 is 68.0 Å². The third-order valence-corrected chi connectivity index (χ3v) is 5.81. The Morgan fingerprint density at radius 2 is 1.48 bits per heavy atom. The van der Waals surface area contributed by atoms with Crippen molar-refractivity contribution in [3.05, 3.63) is 0 Å². The predicted octanol–water partition coefficient (Wildman–Crippen LogP) is -2.01. The average molecular weight is 455 g/mol. The van der Waals surface area contributed by atoms with E-state index in [4.69, 9.17) is 18.9 Å². The molecule has 2 rings (SSSR count). The lowest BCUT2D eigenvalue weighted by molar-refractivity contribution is -0.384. The molecule has 0 spiro atoms. The van der Waals surface area contributed by atoms with Gasteiger partial charge in [0.15, 0.2) is 6.29 Å². The quantitative estimate of drug-likeness (QED) is 0.153. The van der Waals surface area contributed by atoms with Gasteiger partial charge in [-0.2, -0.15) is 0 Å². The lowest BCUT2D eigenvalue weighted by Crippen LogP contribution is -2.62. The van der Waals surface area contributed by atoms with Crippen molar-refractivity contribution in [3.8, 4) is 0 Å². The molecule has 2 aliphatic rings. The van der Waals surface area contributed by atoms with Crippen LogP contribution in [0.3, 0.4) is 0 Å². The van der Waals surface area contributed by atoms with Gasteiger partial charge in [0.05, 0.1) is 13.2 Å². The molecule has 0 aromatic heterocycles. The number of aliphatic hydroxyl groups is 7. The second-order valence-corrected chi connectivity index (χ2v) is 8.22. The molecule has 0 aromatic carbocycles. The summed E-state index contributed by atoms with van der Waals surface area (Å²) < 4.78 is 21.8. The van der Waals surface area contributed by atoms with Gasteiger partial charge < -0.3 is 54.7 Å². The Morgan fingerprint density at radius 1 is 0.806 bits per heavy atom. The van der Waals surface area contributed by atoms with Gasteiger partial charge in [0.25, 0.3) is 0 Å². The van der Waals surface area contributed by atoms with Crippen LogP contribution in [0.25, 0.3) is 0 Å². The van der Waals surface area contributed by atoms with Crippen LogP contribution in [0.5, 0.6) is 0 Å². The van der Waals surface area contributed by atoms with Crippen molar-refractivity contribution < 1.29 is 54.7 Å². The Kier molecular flexibility index (Phi) is 11.0. The fourth-order valence-electron chi connectivity index (χ4n) is 3.80. The van der Waals surface area contributed by atoms with E-state index >= 15 is 0 Å². The number of aliphatic hydroxyl groups excluding tert-OH is 7. The fourth-order valence-corrected chi connectivity index (χ4v) is 3.80. The number of unbranched alkanes of at least 4 members (excludes halogenated alkanes) is 5. The van der Waals surface area contributed by atoms with E-state index in [1.807, 2.05) is 0 Å². The van der Waals surface area contributed by atoms with Crippen LogP contribution < -0.4 is 0 Å². The van der Waals surface area contributed by atoms with Gasteiger partial charge >= 0.3 is 0 Å². The monoisotopic (exact) mass is 454 g/mol. The third-order valence-electron chi connectivity index (χ3n) is 5.81. The van der Waals surface area contributed by atoms with Crippen LogP contribution >= 0.6 is 0 Å². The summed E-state index contributed by atoms with van der Waals surface area (Å²) in [6.45, 7) is 0.947. The van der Waals surface area contributed by atoms with Crippen LogP contribution in [0.4, 0.5) is 0 Å². The molecular weight excluding hydrogens is 416 g/mol. The van der Waals surface area contributed by atoms with E-state index in [0.29, 0.717) is 6.61 Å². The summed E-state index contributed by atoms with van der Waals surface area (Å²) in [6.07, 6.45) is -5.48. The summed E-state index contributed by atoms with van der Waals surface area (Å²) in [5.41, 5.74) is 0. The number of rotatable bonds is 13. The molecule has 2 fully saturated rings. The average Bonchev–Trinajstić information content (AvgIpc) is 3.01. The zero-order valence-corrected chi connectivity index (χ0v) is 18.0. The van der Waals surface area contributed by atoms with Gasteiger partial charge in [-0.1, -0.05) is 39.0 Å². The molecule has 2 saturated heterocycles. The summed E-state index contributed by atoms with van der Waals surface area (Å²) in [4.78, 5) is 0. The van der Waals surface area contributed by atoms with Gasteiger partial charge in [0.1, 0.15) is 49.3 Å². The first-order valence-electron chi connectivity index (χ1n) is 11.0. The predicted molar refractivity (Wildman–Crippen MR) is 106 cm³/mol. The van der Waals surface area contributed by atoms with E-state index in [1.165, 1.54) is 19.3 Å². The molecule has 2 heterocycles. The van der Waals surface area contributed by atoms with E-state index in [-0.39, 0.29) is 6.61 Å². The summed E-state index contributed by atoms with van der Waals surface area (Å²) in [5, 5.41) is 69.8. The van der Waals surface area contributed by atoms with Gasteiger partial charge in [-0.25, -0.2) is 0 Å². The van der Waals surface area contributed by atoms with Crippen molar-refractivity contribution in [1.82, 2.24) is 0 Å². The fraction of sp³-hybridized carbons (Fsp3) is 1.00. The maximum absolute atomic E-state index is 10.3. The van der Waals surface area contributed by atoms with Crippen LogP contribution in [-0.4, -0.2) is 117 Å². The summed E-state index contributed by atoms with van der Waals surface area (Å²) in [7, 11) is 0. The molecule has 11 heteroatoms. The second kappa shape index (κ2) is 12.7. The first-order valence-corrected chi connectivity index (χ1v) is 11.0. The molecule has 9 atom stereocenters. The summed E-state index contributed by atoms with van der Waals surface area (Å²) in [6, 6.07) is 0. The van der Waals surface area contributed by atoms with Crippen LogP contribution in [0, 0.1) is 0 Å².